The van der Waals surface area contributed by atoms with Crippen LogP contribution in [0.5, 0.6) is 0 Å². The Labute approximate surface area is 85.7 Å². The Morgan fingerprint density at radius 2 is 2.29 bits per heavy atom. The van der Waals surface area contributed by atoms with Crippen molar-refractivity contribution in [3.8, 4) is 0 Å². The van der Waals surface area contributed by atoms with Gasteiger partial charge >= 0.3 is 0 Å². The molecule has 2 heterocycles. The summed E-state index contributed by atoms with van der Waals surface area (Å²) in [6, 6.07) is 4.71. The lowest BCUT2D eigenvalue weighted by atomic mass is 9.99. The van der Waals surface area contributed by atoms with E-state index in [0.29, 0.717) is 6.04 Å². The van der Waals surface area contributed by atoms with E-state index in [4.69, 9.17) is 0 Å². The lowest BCUT2D eigenvalue weighted by molar-refractivity contribution is 0.501. The predicted molar refractivity (Wildman–Crippen MR) is 58.0 cm³/mol. The number of hydrogen-bond acceptors (Lipinski definition) is 2. The maximum atomic E-state index is 4.17. The molecule has 0 spiro atoms. The summed E-state index contributed by atoms with van der Waals surface area (Å²) in [5, 5.41) is 3.59. The SMILES string of the molecule is CC1CCNC(c2cccnc2)CC1. The monoisotopic (exact) mass is 190 g/mol. The molecule has 2 rings (SSSR count). The van der Waals surface area contributed by atoms with Gasteiger partial charge in [0.05, 0.1) is 0 Å². The number of pyridine rings is 1. The highest BCUT2D eigenvalue weighted by Gasteiger charge is 2.16. The van der Waals surface area contributed by atoms with Crippen LogP contribution in [0.4, 0.5) is 0 Å². The fourth-order valence-corrected chi connectivity index (χ4v) is 2.07. The van der Waals surface area contributed by atoms with E-state index in [1.807, 2.05) is 18.5 Å². The van der Waals surface area contributed by atoms with Crippen LogP contribution in [-0.4, -0.2) is 11.5 Å². The van der Waals surface area contributed by atoms with Crippen molar-refractivity contribution >= 4 is 0 Å². The van der Waals surface area contributed by atoms with Gasteiger partial charge < -0.3 is 5.32 Å². The zero-order chi connectivity index (χ0) is 9.80. The number of nitrogens with zero attached hydrogens (tertiary/aromatic N) is 1. The number of aromatic nitrogens is 1. The molecular formula is C12H18N2. The molecule has 1 aliphatic heterocycles. The van der Waals surface area contributed by atoms with Crippen LogP contribution in [0.1, 0.15) is 37.8 Å². The molecule has 1 N–H and O–H groups in total. The largest absolute Gasteiger partial charge is 0.310 e. The van der Waals surface area contributed by atoms with Gasteiger partial charge in [-0.15, -0.1) is 0 Å². The Balaban J connectivity index is 2.04. The average Bonchev–Trinajstić information content (AvgIpc) is 2.44. The van der Waals surface area contributed by atoms with E-state index in [1.165, 1.54) is 24.8 Å². The van der Waals surface area contributed by atoms with E-state index in [-0.39, 0.29) is 0 Å². The van der Waals surface area contributed by atoms with Crippen LogP contribution in [-0.2, 0) is 0 Å². The molecule has 2 heteroatoms. The topological polar surface area (TPSA) is 24.9 Å². The van der Waals surface area contributed by atoms with Crippen molar-refractivity contribution in [3.63, 3.8) is 0 Å². The Hall–Kier alpha value is -0.890. The van der Waals surface area contributed by atoms with Crippen molar-refractivity contribution in [1.82, 2.24) is 10.3 Å². The first-order valence-electron chi connectivity index (χ1n) is 5.49. The van der Waals surface area contributed by atoms with Gasteiger partial charge in [-0.1, -0.05) is 13.0 Å². The summed E-state index contributed by atoms with van der Waals surface area (Å²) in [5.74, 6) is 0.865. The molecule has 2 atom stereocenters. The van der Waals surface area contributed by atoms with Gasteiger partial charge in [0.1, 0.15) is 0 Å². The molecule has 0 aliphatic carbocycles. The molecule has 1 aromatic rings. The van der Waals surface area contributed by atoms with Crippen molar-refractivity contribution in [1.29, 1.82) is 0 Å². The lowest BCUT2D eigenvalue weighted by Crippen LogP contribution is -2.20. The van der Waals surface area contributed by atoms with Crippen molar-refractivity contribution in [3.05, 3.63) is 30.1 Å². The maximum absolute atomic E-state index is 4.17. The van der Waals surface area contributed by atoms with Gasteiger partial charge in [-0.3, -0.25) is 4.98 Å². The van der Waals surface area contributed by atoms with Crippen molar-refractivity contribution in [2.24, 2.45) is 5.92 Å². The molecule has 1 fully saturated rings. The minimum absolute atomic E-state index is 0.522. The second kappa shape index (κ2) is 4.56. The third kappa shape index (κ3) is 2.32. The minimum atomic E-state index is 0.522. The van der Waals surface area contributed by atoms with Crippen LogP contribution in [0.3, 0.4) is 0 Å². The summed E-state index contributed by atoms with van der Waals surface area (Å²) in [6.07, 6.45) is 7.69. The van der Waals surface area contributed by atoms with Gasteiger partial charge in [0, 0.05) is 18.4 Å². The first-order valence-corrected chi connectivity index (χ1v) is 5.49. The third-order valence-electron chi connectivity index (χ3n) is 3.06. The molecule has 76 valence electrons. The molecule has 2 nitrogen and oxygen atoms in total. The normalized spacial score (nSPS) is 28.4. The van der Waals surface area contributed by atoms with Crippen LogP contribution in [0.2, 0.25) is 0 Å². The molecule has 0 bridgehead atoms. The summed E-state index contributed by atoms with van der Waals surface area (Å²) >= 11 is 0. The van der Waals surface area contributed by atoms with Gasteiger partial charge in [0.15, 0.2) is 0 Å². The first kappa shape index (κ1) is 9.66. The first-order chi connectivity index (χ1) is 6.86. The molecule has 14 heavy (non-hydrogen) atoms. The summed E-state index contributed by atoms with van der Waals surface area (Å²) in [4.78, 5) is 4.17. The molecule has 1 aliphatic rings. The second-order valence-corrected chi connectivity index (χ2v) is 4.26. The van der Waals surface area contributed by atoms with Crippen LogP contribution >= 0.6 is 0 Å². The number of rotatable bonds is 1. The Bertz CT molecular complexity index is 271. The number of nitrogens with one attached hydrogen (secondary N) is 1. The van der Waals surface area contributed by atoms with E-state index in [0.717, 1.165) is 12.5 Å². The molecule has 1 saturated heterocycles. The Morgan fingerprint density at radius 1 is 1.36 bits per heavy atom. The quantitative estimate of drug-likeness (QED) is 0.736. The highest BCUT2D eigenvalue weighted by Crippen LogP contribution is 2.24. The zero-order valence-corrected chi connectivity index (χ0v) is 8.74. The fraction of sp³-hybridized carbons (Fsp3) is 0.583. The van der Waals surface area contributed by atoms with Crippen molar-refractivity contribution < 1.29 is 0 Å². The number of hydrogen-bond donors (Lipinski definition) is 1. The van der Waals surface area contributed by atoms with Crippen molar-refractivity contribution in [2.75, 3.05) is 6.54 Å². The van der Waals surface area contributed by atoms with E-state index >= 15 is 0 Å². The standard InChI is InChI=1S/C12H18N2/c1-10-4-5-12(14-8-6-10)11-3-2-7-13-9-11/h2-3,7,9-10,12,14H,4-6,8H2,1H3. The fourth-order valence-electron chi connectivity index (χ4n) is 2.07. The molecular weight excluding hydrogens is 172 g/mol. The highest BCUT2D eigenvalue weighted by molar-refractivity contribution is 5.13. The highest BCUT2D eigenvalue weighted by atomic mass is 14.9. The smallest absolute Gasteiger partial charge is 0.0335 e. The average molecular weight is 190 g/mol. The lowest BCUT2D eigenvalue weighted by Gasteiger charge is -2.15. The summed E-state index contributed by atoms with van der Waals surface area (Å²) in [5.41, 5.74) is 1.33. The van der Waals surface area contributed by atoms with Crippen LogP contribution in [0.25, 0.3) is 0 Å². The van der Waals surface area contributed by atoms with Gasteiger partial charge in [-0.05, 0) is 43.4 Å². The van der Waals surface area contributed by atoms with Crippen molar-refractivity contribution in [2.45, 2.75) is 32.2 Å². The Kier molecular flexibility index (Phi) is 3.14. The predicted octanol–water partition coefficient (Wildman–Crippen LogP) is 2.53. The van der Waals surface area contributed by atoms with E-state index in [9.17, 15) is 0 Å². The molecule has 0 saturated carbocycles. The van der Waals surface area contributed by atoms with Crippen LogP contribution in [0, 0.1) is 5.92 Å². The van der Waals surface area contributed by atoms with Gasteiger partial charge in [-0.2, -0.15) is 0 Å². The minimum Gasteiger partial charge on any atom is -0.310 e. The van der Waals surface area contributed by atoms with Crippen LogP contribution < -0.4 is 5.32 Å². The summed E-state index contributed by atoms with van der Waals surface area (Å²) in [7, 11) is 0. The van der Waals surface area contributed by atoms with Gasteiger partial charge in [0.25, 0.3) is 0 Å². The van der Waals surface area contributed by atoms with E-state index in [2.05, 4.69) is 23.3 Å². The second-order valence-electron chi connectivity index (χ2n) is 4.26. The molecule has 0 aromatic carbocycles. The van der Waals surface area contributed by atoms with E-state index in [1.54, 1.807) is 0 Å². The summed E-state index contributed by atoms with van der Waals surface area (Å²) in [6.45, 7) is 3.48. The van der Waals surface area contributed by atoms with Crippen LogP contribution in [0.15, 0.2) is 24.5 Å². The summed E-state index contributed by atoms with van der Waals surface area (Å²) < 4.78 is 0. The molecule has 0 amide bonds. The van der Waals surface area contributed by atoms with Gasteiger partial charge in [-0.25, -0.2) is 0 Å². The maximum Gasteiger partial charge on any atom is 0.0335 e. The van der Waals surface area contributed by atoms with Gasteiger partial charge in [0.2, 0.25) is 0 Å². The molecule has 0 radical (unpaired) electrons. The van der Waals surface area contributed by atoms with E-state index < -0.39 is 0 Å². The Morgan fingerprint density at radius 3 is 3.07 bits per heavy atom. The molecule has 1 aromatic heterocycles. The molecule has 2 unspecified atom stereocenters. The third-order valence-corrected chi connectivity index (χ3v) is 3.06. The zero-order valence-electron chi connectivity index (χ0n) is 8.74.